The van der Waals surface area contributed by atoms with E-state index in [0.717, 1.165) is 16.7 Å². The second-order valence-electron chi connectivity index (χ2n) is 6.82. The fourth-order valence-corrected chi connectivity index (χ4v) is 4.08. The van der Waals surface area contributed by atoms with E-state index in [2.05, 4.69) is 4.98 Å². The van der Waals surface area contributed by atoms with E-state index in [1.807, 2.05) is 48.7 Å². The number of aliphatic hydroxyl groups excluding tert-OH is 1. The van der Waals surface area contributed by atoms with Gasteiger partial charge in [-0.1, -0.05) is 41.4 Å². The number of rotatable bonds is 6. The zero-order valence-electron chi connectivity index (χ0n) is 15.7. The Bertz CT molecular complexity index is 1180. The van der Waals surface area contributed by atoms with Crippen LogP contribution in [0.25, 0.3) is 21.3 Å². The van der Waals surface area contributed by atoms with E-state index in [1.54, 1.807) is 12.1 Å². The van der Waals surface area contributed by atoms with Gasteiger partial charge in [-0.25, -0.2) is 4.98 Å². The summed E-state index contributed by atoms with van der Waals surface area (Å²) in [4.78, 5) is 18.1. The maximum absolute atomic E-state index is 13.0. The summed E-state index contributed by atoms with van der Waals surface area (Å²) in [6.45, 7) is 2.18. The van der Waals surface area contributed by atoms with Gasteiger partial charge in [0, 0.05) is 16.0 Å². The van der Waals surface area contributed by atoms with Crippen molar-refractivity contribution in [1.82, 2.24) is 9.55 Å². The smallest absolute Gasteiger partial charge is 0.262 e. The van der Waals surface area contributed by atoms with Crippen LogP contribution in [-0.4, -0.2) is 27.4 Å². The molecule has 1 unspecified atom stereocenters. The highest BCUT2D eigenvalue weighted by atomic mass is 35.5. The number of thiophene rings is 1. The summed E-state index contributed by atoms with van der Waals surface area (Å²) in [5, 5.41) is 13.5. The van der Waals surface area contributed by atoms with Crippen molar-refractivity contribution in [3.63, 3.8) is 0 Å². The average Bonchev–Trinajstić information content (AvgIpc) is 3.15. The Morgan fingerprint density at radius 2 is 1.90 bits per heavy atom. The molecule has 5 nitrogen and oxygen atoms in total. The lowest BCUT2D eigenvalue weighted by atomic mass is 10.1. The second kappa shape index (κ2) is 8.37. The van der Waals surface area contributed by atoms with Gasteiger partial charge in [0.05, 0.1) is 18.3 Å². The van der Waals surface area contributed by atoms with E-state index in [0.29, 0.717) is 21.0 Å². The minimum atomic E-state index is -0.842. The van der Waals surface area contributed by atoms with Crippen molar-refractivity contribution in [2.75, 3.05) is 6.61 Å². The van der Waals surface area contributed by atoms with Crippen LogP contribution in [-0.2, 0) is 6.54 Å². The first-order valence-electron chi connectivity index (χ1n) is 9.11. The van der Waals surface area contributed by atoms with Crippen molar-refractivity contribution in [2.45, 2.75) is 19.6 Å². The zero-order chi connectivity index (χ0) is 20.4. The third-order valence-electron chi connectivity index (χ3n) is 4.59. The van der Waals surface area contributed by atoms with Gasteiger partial charge in [0.25, 0.3) is 5.56 Å². The quantitative estimate of drug-likeness (QED) is 0.492. The molecule has 0 aliphatic heterocycles. The molecule has 0 aliphatic carbocycles. The minimum absolute atomic E-state index is 0.0845. The molecule has 0 amide bonds. The fourth-order valence-electron chi connectivity index (χ4n) is 3.05. The van der Waals surface area contributed by atoms with Crippen LogP contribution in [0.5, 0.6) is 5.75 Å². The molecule has 2 heterocycles. The van der Waals surface area contributed by atoms with Gasteiger partial charge in [-0.15, -0.1) is 11.3 Å². The monoisotopic (exact) mass is 426 g/mol. The average molecular weight is 427 g/mol. The Balaban J connectivity index is 1.55. The predicted molar refractivity (Wildman–Crippen MR) is 117 cm³/mol. The molecule has 1 N–H and O–H groups in total. The van der Waals surface area contributed by atoms with E-state index in [-0.39, 0.29) is 18.7 Å². The van der Waals surface area contributed by atoms with Crippen molar-refractivity contribution in [1.29, 1.82) is 0 Å². The molecule has 0 fully saturated rings. The molecule has 0 bridgehead atoms. The summed E-state index contributed by atoms with van der Waals surface area (Å²) in [5.41, 5.74) is 2.67. The second-order valence-corrected chi connectivity index (χ2v) is 8.11. The molecule has 2 aromatic heterocycles. The molecular weight excluding hydrogens is 408 g/mol. The number of aryl methyl sites for hydroxylation is 1. The highest BCUT2D eigenvalue weighted by molar-refractivity contribution is 7.17. The number of hydrogen-bond donors (Lipinski definition) is 1. The minimum Gasteiger partial charge on any atom is -0.491 e. The van der Waals surface area contributed by atoms with Gasteiger partial charge in [-0.05, 0) is 36.8 Å². The highest BCUT2D eigenvalue weighted by Gasteiger charge is 2.15. The van der Waals surface area contributed by atoms with Gasteiger partial charge >= 0.3 is 0 Å². The Morgan fingerprint density at radius 3 is 2.62 bits per heavy atom. The molecule has 0 spiro atoms. The van der Waals surface area contributed by atoms with Crippen LogP contribution in [0.3, 0.4) is 0 Å². The normalized spacial score (nSPS) is 12.2. The number of halogens is 1. The first-order chi connectivity index (χ1) is 14.0. The summed E-state index contributed by atoms with van der Waals surface area (Å²) in [5.74, 6) is 0.679. The number of nitrogens with zero attached hydrogens (tertiary/aromatic N) is 2. The molecule has 7 heteroatoms. The largest absolute Gasteiger partial charge is 0.491 e. The van der Waals surface area contributed by atoms with E-state index in [1.165, 1.54) is 22.2 Å². The van der Waals surface area contributed by atoms with Crippen LogP contribution in [0.2, 0.25) is 5.02 Å². The van der Waals surface area contributed by atoms with Crippen molar-refractivity contribution in [3.05, 3.63) is 81.2 Å². The van der Waals surface area contributed by atoms with Crippen molar-refractivity contribution < 1.29 is 9.84 Å². The first-order valence-corrected chi connectivity index (χ1v) is 10.4. The Hall–Kier alpha value is -2.67. The standard InChI is InChI=1S/C22H19ClN2O3S/c1-14-2-8-18(9-3-14)28-11-17(26)10-25-13-24-21-20(22(25)27)19(12-29-21)15-4-6-16(23)7-5-15/h2-9,12-13,17,26H,10-11H2,1H3. The molecule has 29 heavy (non-hydrogen) atoms. The van der Waals surface area contributed by atoms with E-state index in [4.69, 9.17) is 16.3 Å². The lowest BCUT2D eigenvalue weighted by Crippen LogP contribution is -2.30. The number of aromatic nitrogens is 2. The Kier molecular flexibility index (Phi) is 5.67. The summed E-state index contributed by atoms with van der Waals surface area (Å²) in [6, 6.07) is 14.9. The van der Waals surface area contributed by atoms with Crippen molar-refractivity contribution in [2.24, 2.45) is 0 Å². The summed E-state index contributed by atoms with van der Waals surface area (Å²) >= 11 is 7.39. The SMILES string of the molecule is Cc1ccc(OCC(O)Cn2cnc3scc(-c4ccc(Cl)cc4)c3c2=O)cc1. The van der Waals surface area contributed by atoms with Gasteiger partial charge in [0.1, 0.15) is 23.3 Å². The first kappa shape index (κ1) is 19.6. The molecule has 0 radical (unpaired) electrons. The van der Waals surface area contributed by atoms with Crippen molar-refractivity contribution >= 4 is 33.2 Å². The lowest BCUT2D eigenvalue weighted by molar-refractivity contribution is 0.0915. The molecule has 4 rings (SSSR count). The number of benzene rings is 2. The molecule has 148 valence electrons. The summed E-state index contributed by atoms with van der Waals surface area (Å²) < 4.78 is 7.04. The van der Waals surface area contributed by atoms with Crippen LogP contribution < -0.4 is 10.3 Å². The van der Waals surface area contributed by atoms with E-state index < -0.39 is 6.10 Å². The Labute approximate surface area is 176 Å². The van der Waals surface area contributed by atoms with Gasteiger partial charge in [-0.3, -0.25) is 9.36 Å². The molecule has 0 aliphatic rings. The third-order valence-corrected chi connectivity index (χ3v) is 5.73. The highest BCUT2D eigenvalue weighted by Crippen LogP contribution is 2.31. The Morgan fingerprint density at radius 1 is 1.17 bits per heavy atom. The summed E-state index contributed by atoms with van der Waals surface area (Å²) in [6.07, 6.45) is 0.632. The molecule has 0 saturated carbocycles. The zero-order valence-corrected chi connectivity index (χ0v) is 17.3. The van der Waals surface area contributed by atoms with Gasteiger partial charge in [0.2, 0.25) is 0 Å². The number of fused-ring (bicyclic) bond motifs is 1. The molecule has 1 atom stereocenters. The number of ether oxygens (including phenoxy) is 1. The van der Waals surface area contributed by atoms with Crippen LogP contribution in [0.4, 0.5) is 0 Å². The van der Waals surface area contributed by atoms with Crippen molar-refractivity contribution in [3.8, 4) is 16.9 Å². The number of hydrogen-bond acceptors (Lipinski definition) is 5. The third kappa shape index (κ3) is 4.34. The fraction of sp³-hybridized carbons (Fsp3) is 0.182. The lowest BCUT2D eigenvalue weighted by Gasteiger charge is -2.14. The van der Waals surface area contributed by atoms with Crippen LogP contribution >= 0.6 is 22.9 Å². The maximum Gasteiger partial charge on any atom is 0.262 e. The molecule has 0 saturated heterocycles. The van der Waals surface area contributed by atoms with Crippen LogP contribution in [0, 0.1) is 6.92 Å². The van der Waals surface area contributed by atoms with Crippen LogP contribution in [0.15, 0.2) is 65.0 Å². The van der Waals surface area contributed by atoms with Gasteiger partial charge in [0.15, 0.2) is 0 Å². The van der Waals surface area contributed by atoms with Gasteiger partial charge in [-0.2, -0.15) is 0 Å². The molecule has 4 aromatic rings. The molecule has 2 aromatic carbocycles. The van der Waals surface area contributed by atoms with Gasteiger partial charge < -0.3 is 9.84 Å². The van der Waals surface area contributed by atoms with E-state index >= 15 is 0 Å². The topological polar surface area (TPSA) is 64.3 Å². The molecular formula is C22H19ClN2O3S. The van der Waals surface area contributed by atoms with Crippen LogP contribution in [0.1, 0.15) is 5.56 Å². The van der Waals surface area contributed by atoms with E-state index in [9.17, 15) is 9.90 Å². The number of aliphatic hydroxyl groups is 1. The summed E-state index contributed by atoms with van der Waals surface area (Å²) in [7, 11) is 0. The predicted octanol–water partition coefficient (Wildman–Crippen LogP) is 4.53. The maximum atomic E-state index is 13.0.